The Kier molecular flexibility index (Phi) is 21.0. The van der Waals surface area contributed by atoms with Crippen molar-refractivity contribution in [2.45, 2.75) is 184 Å². The van der Waals surface area contributed by atoms with Gasteiger partial charge < -0.3 is 62.5 Å². The standard InChI is InChI=1S/C45H74N8O10/c1-4-5-6-7-8-9-10-11-12-13-22-47-34-15-14-23-48-42(60)36-24-31(46)26-52(36)44(62)38(28(2)54)51-41(59)35(21-18-30-16-19-32(56)20-17-30)49-43(61)37-25-33(57)27-53(37)45(63)39(29(3)55)50-40(34)58/h16-17,19-20,28-29,31,33-39,47,54-57H,4-15,18,21-27,46H2,1-3H3,(H,48,60)(H,49,61)(H,50,58)(H,51,59)/t28-,29-,31+,33-,34+,35+,36+,37+,38+,39+/m1/s1. The molecule has 11 N–H and O–H groups in total. The highest BCUT2D eigenvalue weighted by Gasteiger charge is 2.45. The molecular formula is C45H74N8O10. The zero-order valence-corrected chi connectivity index (χ0v) is 37.4. The second-order valence-corrected chi connectivity index (χ2v) is 17.7. The van der Waals surface area contributed by atoms with Gasteiger partial charge in [-0.1, -0.05) is 76.8 Å². The lowest BCUT2D eigenvalue weighted by atomic mass is 10.0. The van der Waals surface area contributed by atoms with Crippen molar-refractivity contribution >= 4 is 35.4 Å². The van der Waals surface area contributed by atoms with Crippen LogP contribution in [0.3, 0.4) is 0 Å². The number of fused-ring (bicyclic) bond motifs is 2. The average Bonchev–Trinajstić information content (AvgIpc) is 3.84. The van der Waals surface area contributed by atoms with Gasteiger partial charge in [-0.2, -0.15) is 0 Å². The lowest BCUT2D eigenvalue weighted by Crippen LogP contribution is -2.61. The number of carbonyl (C=O) groups excluding carboxylic acids is 6. The summed E-state index contributed by atoms with van der Waals surface area (Å²) in [5.74, 6) is -4.20. The van der Waals surface area contributed by atoms with Gasteiger partial charge >= 0.3 is 0 Å². The first-order valence-electron chi connectivity index (χ1n) is 23.2. The first kappa shape index (κ1) is 51.3. The van der Waals surface area contributed by atoms with Gasteiger partial charge in [-0.25, -0.2) is 0 Å². The maximum absolute atomic E-state index is 14.2. The van der Waals surface area contributed by atoms with Crippen molar-refractivity contribution in [3.63, 3.8) is 0 Å². The minimum atomic E-state index is -1.53. The number of aliphatic hydroxyl groups excluding tert-OH is 3. The molecule has 4 rings (SSSR count). The van der Waals surface area contributed by atoms with Gasteiger partial charge in [0.1, 0.15) is 36.0 Å². The van der Waals surface area contributed by atoms with Crippen LogP contribution in [0.1, 0.15) is 123 Å². The molecule has 18 nitrogen and oxygen atoms in total. The van der Waals surface area contributed by atoms with Gasteiger partial charge in [0, 0.05) is 32.1 Å². The third-order valence-electron chi connectivity index (χ3n) is 12.4. The predicted octanol–water partition coefficient (Wildman–Crippen LogP) is 0.220. The van der Waals surface area contributed by atoms with Gasteiger partial charge in [-0.3, -0.25) is 28.8 Å². The molecule has 18 heteroatoms. The Bertz CT molecular complexity index is 1650. The molecule has 3 heterocycles. The number of amides is 6. The van der Waals surface area contributed by atoms with E-state index in [2.05, 4.69) is 33.5 Å². The second kappa shape index (κ2) is 25.8. The number of nitrogens with zero attached hydrogens (tertiary/aromatic N) is 2. The summed E-state index contributed by atoms with van der Waals surface area (Å²) in [6.45, 7) is 5.21. The number of hydrogen-bond acceptors (Lipinski definition) is 12. The van der Waals surface area contributed by atoms with E-state index in [1.54, 1.807) is 12.1 Å². The van der Waals surface area contributed by atoms with E-state index in [-0.39, 0.29) is 57.5 Å². The van der Waals surface area contributed by atoms with E-state index in [1.165, 1.54) is 69.4 Å². The minimum absolute atomic E-state index is 0.0134. The number of carbonyl (C=O) groups is 6. The molecule has 3 fully saturated rings. The van der Waals surface area contributed by atoms with E-state index in [1.807, 2.05) is 0 Å². The summed E-state index contributed by atoms with van der Waals surface area (Å²) in [5, 5.41) is 56.4. The quantitative estimate of drug-likeness (QED) is 0.0942. The maximum Gasteiger partial charge on any atom is 0.248 e. The normalized spacial score (nSPS) is 28.0. The number of phenolic OH excluding ortho intramolecular Hbond substituents is 1. The summed E-state index contributed by atoms with van der Waals surface area (Å²) in [7, 11) is 0. The van der Waals surface area contributed by atoms with Gasteiger partial charge in [-0.15, -0.1) is 0 Å². The molecule has 3 aliphatic heterocycles. The van der Waals surface area contributed by atoms with Crippen LogP contribution in [-0.2, 0) is 35.2 Å². The maximum atomic E-state index is 14.2. The Morgan fingerprint density at radius 3 is 1.89 bits per heavy atom. The zero-order valence-electron chi connectivity index (χ0n) is 37.4. The van der Waals surface area contributed by atoms with Gasteiger partial charge in [0.2, 0.25) is 35.4 Å². The van der Waals surface area contributed by atoms with Gasteiger partial charge in [0.05, 0.1) is 24.4 Å². The number of aryl methyl sites for hydroxylation is 1. The number of rotatable bonds is 17. The van der Waals surface area contributed by atoms with Crippen molar-refractivity contribution in [3.05, 3.63) is 29.8 Å². The molecule has 0 unspecified atom stereocenters. The molecule has 0 aliphatic carbocycles. The van der Waals surface area contributed by atoms with Gasteiger partial charge in [0.15, 0.2) is 0 Å². The number of aliphatic hydroxyl groups is 3. The van der Waals surface area contributed by atoms with Crippen molar-refractivity contribution in [2.75, 3.05) is 26.2 Å². The molecule has 63 heavy (non-hydrogen) atoms. The number of benzene rings is 1. The van der Waals surface area contributed by atoms with E-state index in [0.717, 1.165) is 30.6 Å². The van der Waals surface area contributed by atoms with Crippen molar-refractivity contribution in [3.8, 4) is 5.75 Å². The van der Waals surface area contributed by atoms with E-state index < -0.39 is 96.0 Å². The summed E-state index contributed by atoms with van der Waals surface area (Å²) in [6.07, 6.45) is 8.16. The van der Waals surface area contributed by atoms with Crippen LogP contribution in [0.4, 0.5) is 0 Å². The highest BCUT2D eigenvalue weighted by Crippen LogP contribution is 2.23. The molecule has 1 aromatic rings. The molecule has 354 valence electrons. The molecule has 10 atom stereocenters. The van der Waals surface area contributed by atoms with Crippen molar-refractivity contribution in [1.82, 2.24) is 36.4 Å². The van der Waals surface area contributed by atoms with Crippen LogP contribution in [0, 0.1) is 0 Å². The Labute approximate surface area is 371 Å². The number of aromatic hydroxyl groups is 1. The predicted molar refractivity (Wildman–Crippen MR) is 236 cm³/mol. The summed E-state index contributed by atoms with van der Waals surface area (Å²) < 4.78 is 0. The monoisotopic (exact) mass is 887 g/mol. The Hall–Kier alpha value is -4.36. The largest absolute Gasteiger partial charge is 0.508 e. The zero-order chi connectivity index (χ0) is 46.1. The van der Waals surface area contributed by atoms with Crippen LogP contribution >= 0.6 is 0 Å². The SMILES string of the molecule is CCCCCCCCCCCCN[C@H]1CCCNC(=O)[C@@H]2C[C@H](N)CN2C(=O)[C@H]([C@@H](C)O)NC(=O)[C@H](CCc2ccc(O)cc2)NC(=O)[C@@H]2C[C@@H](O)CN2C(=O)[C@H]([C@@H](C)O)NC1=O. The summed E-state index contributed by atoms with van der Waals surface area (Å²) in [6, 6.07) is -1.81. The number of nitrogens with one attached hydrogen (secondary N) is 5. The fraction of sp³-hybridized carbons (Fsp3) is 0.733. The molecule has 0 radical (unpaired) electrons. The van der Waals surface area contributed by atoms with Crippen LogP contribution in [-0.4, -0.2) is 152 Å². The lowest BCUT2D eigenvalue weighted by molar-refractivity contribution is -0.145. The van der Waals surface area contributed by atoms with Crippen LogP contribution in [0.15, 0.2) is 24.3 Å². The number of hydrogen-bond donors (Lipinski definition) is 10. The summed E-state index contributed by atoms with van der Waals surface area (Å²) >= 11 is 0. The molecule has 3 saturated heterocycles. The van der Waals surface area contributed by atoms with Gasteiger partial charge in [0.25, 0.3) is 0 Å². The van der Waals surface area contributed by atoms with Gasteiger partial charge in [-0.05, 0) is 76.6 Å². The topological polar surface area (TPSA) is 276 Å². The first-order valence-corrected chi connectivity index (χ1v) is 23.2. The molecular weight excluding hydrogens is 813 g/mol. The van der Waals surface area contributed by atoms with Crippen molar-refractivity contribution < 1.29 is 49.2 Å². The van der Waals surface area contributed by atoms with E-state index >= 15 is 0 Å². The van der Waals surface area contributed by atoms with Crippen LogP contribution < -0.4 is 32.3 Å². The Morgan fingerprint density at radius 1 is 0.730 bits per heavy atom. The number of phenols is 1. The van der Waals surface area contributed by atoms with E-state index in [0.29, 0.717) is 18.5 Å². The summed E-state index contributed by atoms with van der Waals surface area (Å²) in [4.78, 5) is 86.4. The third-order valence-corrected chi connectivity index (χ3v) is 12.4. The van der Waals surface area contributed by atoms with Crippen LogP contribution in [0.2, 0.25) is 0 Å². The fourth-order valence-electron chi connectivity index (χ4n) is 8.67. The highest BCUT2D eigenvalue weighted by atomic mass is 16.3. The third kappa shape index (κ3) is 15.7. The van der Waals surface area contributed by atoms with Crippen LogP contribution in [0.5, 0.6) is 5.75 Å². The Morgan fingerprint density at radius 2 is 1.29 bits per heavy atom. The second-order valence-electron chi connectivity index (χ2n) is 17.7. The number of unbranched alkanes of at least 4 members (excludes halogenated alkanes) is 9. The minimum Gasteiger partial charge on any atom is -0.508 e. The van der Waals surface area contributed by atoms with E-state index in [4.69, 9.17) is 5.73 Å². The van der Waals surface area contributed by atoms with E-state index in [9.17, 15) is 49.2 Å². The molecule has 0 bridgehead atoms. The summed E-state index contributed by atoms with van der Waals surface area (Å²) in [5.41, 5.74) is 6.97. The molecule has 3 aliphatic rings. The molecule has 6 amide bonds. The highest BCUT2D eigenvalue weighted by molar-refractivity contribution is 5.97. The molecule has 0 spiro atoms. The first-order chi connectivity index (χ1) is 30.1. The number of nitrogens with two attached hydrogens (primary N) is 1. The van der Waals surface area contributed by atoms with Crippen LogP contribution in [0.25, 0.3) is 0 Å². The molecule has 1 aromatic carbocycles. The van der Waals surface area contributed by atoms with Crippen molar-refractivity contribution in [2.24, 2.45) is 5.73 Å². The smallest absolute Gasteiger partial charge is 0.248 e. The molecule has 0 saturated carbocycles. The molecule has 0 aromatic heterocycles. The fourth-order valence-corrected chi connectivity index (χ4v) is 8.67. The average molecular weight is 887 g/mol. The van der Waals surface area contributed by atoms with Crippen molar-refractivity contribution in [1.29, 1.82) is 0 Å². The Balaban J connectivity index is 1.59. The lowest BCUT2D eigenvalue weighted by Gasteiger charge is -2.32.